The Morgan fingerprint density at radius 3 is 2.53 bits per heavy atom. The molecule has 0 amide bonds. The largest absolute Gasteiger partial charge is 0.496 e. The first-order chi connectivity index (χ1) is 9.06. The fraction of sp³-hybridized carbons (Fsp3) is 0.533. The topological polar surface area (TPSA) is 32.8 Å². The number of ether oxygens (including phenoxy) is 1. The number of methoxy groups -OCH3 is 1. The van der Waals surface area contributed by atoms with Crippen molar-refractivity contribution in [3.63, 3.8) is 0 Å². The maximum Gasteiger partial charge on any atom is 0.150 e. The van der Waals surface area contributed by atoms with Gasteiger partial charge in [-0.3, -0.25) is 4.79 Å². The van der Waals surface area contributed by atoms with Crippen LogP contribution in [-0.4, -0.2) is 57.4 Å². The first-order valence-corrected chi connectivity index (χ1v) is 6.52. The minimum absolute atomic E-state index is 0.692. The van der Waals surface area contributed by atoms with Crippen LogP contribution in [0.4, 0.5) is 0 Å². The summed E-state index contributed by atoms with van der Waals surface area (Å²) in [6.07, 6.45) is 1.99. The van der Waals surface area contributed by atoms with Gasteiger partial charge in [0.2, 0.25) is 0 Å². The van der Waals surface area contributed by atoms with Gasteiger partial charge in [-0.2, -0.15) is 0 Å². The summed E-state index contributed by atoms with van der Waals surface area (Å²) in [5.41, 5.74) is 1.75. The summed E-state index contributed by atoms with van der Waals surface area (Å²) in [5.74, 6) is 0.838. The highest BCUT2D eigenvalue weighted by atomic mass is 16.5. The average Bonchev–Trinajstić information content (AvgIpc) is 2.38. The fourth-order valence-electron chi connectivity index (χ4n) is 2.02. The lowest BCUT2D eigenvalue weighted by atomic mass is 10.1. The Morgan fingerprint density at radius 1 is 1.21 bits per heavy atom. The number of hydrogen-bond donors (Lipinski definition) is 0. The van der Waals surface area contributed by atoms with E-state index in [4.69, 9.17) is 4.74 Å². The van der Waals surface area contributed by atoms with Gasteiger partial charge in [-0.05, 0) is 58.9 Å². The van der Waals surface area contributed by atoms with E-state index in [0.717, 1.165) is 43.7 Å². The zero-order chi connectivity index (χ0) is 14.3. The molecule has 1 aromatic carbocycles. The molecule has 0 N–H and O–H groups in total. The third-order valence-corrected chi connectivity index (χ3v) is 3.03. The molecule has 0 aliphatic rings. The molecule has 0 aliphatic carbocycles. The number of carbonyl (C=O) groups excluding carboxylic acids is 1. The van der Waals surface area contributed by atoms with Crippen molar-refractivity contribution in [2.24, 2.45) is 0 Å². The molecule has 1 aromatic rings. The molecule has 19 heavy (non-hydrogen) atoms. The second-order valence-corrected chi connectivity index (χ2v) is 5.08. The summed E-state index contributed by atoms with van der Waals surface area (Å²) in [7, 11) is 7.90. The van der Waals surface area contributed by atoms with Gasteiger partial charge >= 0.3 is 0 Å². The number of aldehydes is 1. The SMILES string of the molecule is COc1ccc(C=O)cc1CN(C)CCCN(C)C. The van der Waals surface area contributed by atoms with Crippen molar-refractivity contribution >= 4 is 6.29 Å². The summed E-state index contributed by atoms with van der Waals surface area (Å²) in [6, 6.07) is 5.53. The molecule has 0 aromatic heterocycles. The fourth-order valence-corrected chi connectivity index (χ4v) is 2.02. The quantitative estimate of drug-likeness (QED) is 0.671. The van der Waals surface area contributed by atoms with Crippen LogP contribution in [0.25, 0.3) is 0 Å². The molecule has 0 bridgehead atoms. The van der Waals surface area contributed by atoms with Crippen molar-refractivity contribution in [2.45, 2.75) is 13.0 Å². The molecule has 0 heterocycles. The zero-order valence-corrected chi connectivity index (χ0v) is 12.3. The van der Waals surface area contributed by atoms with E-state index < -0.39 is 0 Å². The van der Waals surface area contributed by atoms with Crippen LogP contribution in [0.5, 0.6) is 5.75 Å². The van der Waals surface area contributed by atoms with E-state index in [1.807, 2.05) is 12.1 Å². The predicted molar refractivity (Wildman–Crippen MR) is 77.9 cm³/mol. The second-order valence-electron chi connectivity index (χ2n) is 5.08. The number of hydrogen-bond acceptors (Lipinski definition) is 4. The third-order valence-electron chi connectivity index (χ3n) is 3.03. The third kappa shape index (κ3) is 5.41. The van der Waals surface area contributed by atoms with Gasteiger partial charge in [0.1, 0.15) is 12.0 Å². The van der Waals surface area contributed by atoms with Crippen LogP contribution in [0.15, 0.2) is 18.2 Å². The summed E-state index contributed by atoms with van der Waals surface area (Å²) < 4.78 is 5.34. The Bertz CT molecular complexity index is 405. The Balaban J connectivity index is 2.61. The number of benzene rings is 1. The van der Waals surface area contributed by atoms with Crippen LogP contribution in [0.3, 0.4) is 0 Å². The maximum absolute atomic E-state index is 10.8. The molecular formula is C15H24N2O2. The van der Waals surface area contributed by atoms with Crippen LogP contribution in [0, 0.1) is 0 Å². The molecule has 0 atom stereocenters. The highest BCUT2D eigenvalue weighted by Gasteiger charge is 2.07. The van der Waals surface area contributed by atoms with Crippen molar-refractivity contribution in [3.8, 4) is 5.75 Å². The molecule has 0 radical (unpaired) electrons. The van der Waals surface area contributed by atoms with Gasteiger partial charge in [0, 0.05) is 17.7 Å². The summed E-state index contributed by atoms with van der Waals surface area (Å²) in [6.45, 7) is 2.89. The molecule has 0 saturated carbocycles. The van der Waals surface area contributed by atoms with E-state index >= 15 is 0 Å². The monoisotopic (exact) mass is 264 g/mol. The van der Waals surface area contributed by atoms with Gasteiger partial charge in [0.15, 0.2) is 0 Å². The number of rotatable bonds is 8. The molecule has 4 heteroatoms. The smallest absolute Gasteiger partial charge is 0.150 e. The maximum atomic E-state index is 10.8. The van der Waals surface area contributed by atoms with E-state index in [9.17, 15) is 4.79 Å². The molecule has 4 nitrogen and oxygen atoms in total. The molecule has 0 unspecified atom stereocenters. The molecule has 1 rings (SSSR count). The van der Waals surface area contributed by atoms with Crippen LogP contribution in [0.1, 0.15) is 22.3 Å². The first kappa shape index (κ1) is 15.7. The summed E-state index contributed by atoms with van der Waals surface area (Å²) in [4.78, 5) is 15.3. The Kier molecular flexibility index (Phi) is 6.53. The Morgan fingerprint density at radius 2 is 1.95 bits per heavy atom. The number of carbonyl (C=O) groups is 1. The van der Waals surface area contributed by atoms with Crippen molar-refractivity contribution in [3.05, 3.63) is 29.3 Å². The number of nitrogens with zero attached hydrogens (tertiary/aromatic N) is 2. The van der Waals surface area contributed by atoms with E-state index in [2.05, 4.69) is 30.9 Å². The van der Waals surface area contributed by atoms with E-state index in [1.54, 1.807) is 13.2 Å². The predicted octanol–water partition coefficient (Wildman–Crippen LogP) is 1.89. The van der Waals surface area contributed by atoms with Gasteiger partial charge in [0.25, 0.3) is 0 Å². The minimum Gasteiger partial charge on any atom is -0.496 e. The van der Waals surface area contributed by atoms with Crippen LogP contribution in [0.2, 0.25) is 0 Å². The van der Waals surface area contributed by atoms with E-state index in [1.165, 1.54) is 0 Å². The van der Waals surface area contributed by atoms with Crippen molar-refractivity contribution in [1.82, 2.24) is 9.80 Å². The average molecular weight is 264 g/mol. The Hall–Kier alpha value is -1.39. The van der Waals surface area contributed by atoms with E-state index in [-0.39, 0.29) is 0 Å². The molecule has 106 valence electrons. The normalized spacial score (nSPS) is 11.1. The summed E-state index contributed by atoms with van der Waals surface area (Å²) in [5, 5.41) is 0. The standard InChI is InChI=1S/C15H24N2O2/c1-16(2)8-5-9-17(3)11-14-10-13(12-18)6-7-15(14)19-4/h6-7,10,12H,5,8-9,11H2,1-4H3. The van der Waals surface area contributed by atoms with E-state index in [0.29, 0.717) is 5.56 Å². The highest BCUT2D eigenvalue weighted by Crippen LogP contribution is 2.20. The van der Waals surface area contributed by atoms with Crippen LogP contribution >= 0.6 is 0 Å². The Labute approximate surface area is 116 Å². The van der Waals surface area contributed by atoms with Crippen molar-refractivity contribution in [1.29, 1.82) is 0 Å². The van der Waals surface area contributed by atoms with Gasteiger partial charge in [-0.15, -0.1) is 0 Å². The molecule has 0 fully saturated rings. The lowest BCUT2D eigenvalue weighted by Gasteiger charge is -2.19. The molecule has 0 saturated heterocycles. The van der Waals surface area contributed by atoms with Crippen molar-refractivity contribution < 1.29 is 9.53 Å². The van der Waals surface area contributed by atoms with Crippen LogP contribution < -0.4 is 4.74 Å². The molecular weight excluding hydrogens is 240 g/mol. The van der Waals surface area contributed by atoms with Gasteiger partial charge < -0.3 is 14.5 Å². The minimum atomic E-state index is 0.692. The lowest BCUT2D eigenvalue weighted by Crippen LogP contribution is -2.23. The molecule has 0 spiro atoms. The second kappa shape index (κ2) is 7.92. The lowest BCUT2D eigenvalue weighted by molar-refractivity contribution is 0.112. The first-order valence-electron chi connectivity index (χ1n) is 6.52. The highest BCUT2D eigenvalue weighted by molar-refractivity contribution is 5.75. The van der Waals surface area contributed by atoms with Crippen LogP contribution in [-0.2, 0) is 6.54 Å². The zero-order valence-electron chi connectivity index (χ0n) is 12.3. The van der Waals surface area contributed by atoms with Crippen molar-refractivity contribution in [2.75, 3.05) is 41.3 Å². The van der Waals surface area contributed by atoms with Gasteiger partial charge in [0.05, 0.1) is 7.11 Å². The van der Waals surface area contributed by atoms with Gasteiger partial charge in [-0.1, -0.05) is 0 Å². The molecule has 0 aliphatic heterocycles. The summed E-state index contributed by atoms with van der Waals surface area (Å²) >= 11 is 0. The van der Waals surface area contributed by atoms with Gasteiger partial charge in [-0.25, -0.2) is 0 Å².